The van der Waals surface area contributed by atoms with Gasteiger partial charge in [0.1, 0.15) is 20.2 Å². The molecule has 0 aliphatic carbocycles. The number of hydrogen-bond donors (Lipinski definition) is 0. The normalized spacial score (nSPS) is 26.3. The van der Waals surface area contributed by atoms with Gasteiger partial charge in [0.2, 0.25) is 11.8 Å². The molecule has 2 amide bonds. The molecular formula is C32H38Cl4N4O3. The molecule has 2 atom stereocenters. The lowest BCUT2D eigenvalue weighted by Gasteiger charge is -2.34. The molecular weight excluding hydrogens is 630 g/mol. The topological polar surface area (TPSA) is 56.3 Å². The number of alkyl halides is 4. The van der Waals surface area contributed by atoms with Gasteiger partial charge in [-0.1, -0.05) is 83.5 Å². The highest BCUT2D eigenvalue weighted by Crippen LogP contribution is 2.43. The molecule has 4 heterocycles. The summed E-state index contributed by atoms with van der Waals surface area (Å²) in [5.41, 5.74) is 1.94. The zero-order chi connectivity index (χ0) is 30.2. The van der Waals surface area contributed by atoms with Crippen LogP contribution in [-0.2, 0) is 22.4 Å². The van der Waals surface area contributed by atoms with Gasteiger partial charge in [0, 0.05) is 26.2 Å². The minimum Gasteiger partial charge on any atom is -0.457 e. The van der Waals surface area contributed by atoms with Crippen LogP contribution in [0.15, 0.2) is 48.5 Å². The number of halogens is 4. The SMILES string of the molecule is O=C1C(Cc2ccc(Oc3ccc(CC4C(=O)N(N5CCCCC5)CC4(Cl)Cl)cc3)cc2)C(Cl)(Cl)CN1N1CCCCC1. The van der Waals surface area contributed by atoms with Crippen molar-refractivity contribution < 1.29 is 14.3 Å². The second kappa shape index (κ2) is 12.9. The van der Waals surface area contributed by atoms with Crippen LogP contribution in [0.2, 0.25) is 0 Å². The molecule has 7 nitrogen and oxygen atoms in total. The summed E-state index contributed by atoms with van der Waals surface area (Å²) in [5.74, 6) is 0.329. The van der Waals surface area contributed by atoms with Crippen LogP contribution in [0, 0.1) is 11.8 Å². The van der Waals surface area contributed by atoms with Crippen molar-refractivity contribution in [3.05, 3.63) is 59.7 Å². The summed E-state index contributed by atoms with van der Waals surface area (Å²) < 4.78 is 3.81. The molecule has 2 unspecified atom stereocenters. The van der Waals surface area contributed by atoms with E-state index in [1.165, 1.54) is 12.8 Å². The van der Waals surface area contributed by atoms with E-state index >= 15 is 0 Å². The maximum absolute atomic E-state index is 13.3. The van der Waals surface area contributed by atoms with E-state index in [2.05, 4.69) is 10.0 Å². The van der Waals surface area contributed by atoms with Gasteiger partial charge in [-0.25, -0.2) is 10.0 Å². The summed E-state index contributed by atoms with van der Waals surface area (Å²) in [6, 6.07) is 15.3. The monoisotopic (exact) mass is 666 g/mol. The van der Waals surface area contributed by atoms with Crippen molar-refractivity contribution in [2.75, 3.05) is 39.3 Å². The first-order chi connectivity index (χ1) is 20.6. The van der Waals surface area contributed by atoms with Gasteiger partial charge in [-0.2, -0.15) is 0 Å². The minimum absolute atomic E-state index is 0.00796. The van der Waals surface area contributed by atoms with Crippen molar-refractivity contribution in [1.82, 2.24) is 20.0 Å². The Morgan fingerprint density at radius 1 is 0.581 bits per heavy atom. The fourth-order valence-corrected chi connectivity index (χ4v) is 7.82. The first-order valence-electron chi connectivity index (χ1n) is 15.3. The molecule has 2 aromatic carbocycles. The van der Waals surface area contributed by atoms with Crippen LogP contribution in [0.5, 0.6) is 11.5 Å². The number of rotatable bonds is 8. The number of amides is 2. The standard InChI is InChI=1S/C32H38Cl4N4O3/c33-31(34)21-39(37-15-3-1-4-16-37)29(41)27(31)19-23-7-11-25(12-8-23)43-26-13-9-24(10-14-26)20-28-30(42)40(22-32(28,35)36)38-17-5-2-6-18-38/h7-14,27-28H,1-6,15-22H2. The van der Waals surface area contributed by atoms with E-state index in [1.54, 1.807) is 10.0 Å². The van der Waals surface area contributed by atoms with Crippen LogP contribution in [0.25, 0.3) is 0 Å². The molecule has 0 spiro atoms. The Bertz CT molecular complexity index is 1200. The molecule has 0 radical (unpaired) electrons. The average Bonchev–Trinajstić information content (AvgIpc) is 3.38. The summed E-state index contributed by atoms with van der Waals surface area (Å²) in [4.78, 5) is 26.5. The molecule has 4 aliphatic heterocycles. The fourth-order valence-electron chi connectivity index (χ4n) is 6.68. The maximum atomic E-state index is 13.3. The van der Waals surface area contributed by atoms with Crippen molar-refractivity contribution in [3.63, 3.8) is 0 Å². The highest BCUT2D eigenvalue weighted by Gasteiger charge is 2.53. The molecule has 0 bridgehead atoms. The Balaban J connectivity index is 1.04. The number of hydrogen-bond acceptors (Lipinski definition) is 5. The van der Waals surface area contributed by atoms with Crippen molar-refractivity contribution in [3.8, 4) is 11.5 Å². The summed E-state index contributed by atoms with van der Waals surface area (Å²) in [5, 5.41) is 7.73. The summed E-state index contributed by atoms with van der Waals surface area (Å²) >= 11 is 26.7. The summed E-state index contributed by atoms with van der Waals surface area (Å²) in [6.07, 6.45) is 7.62. The van der Waals surface area contributed by atoms with Crippen LogP contribution in [0.1, 0.15) is 49.7 Å². The second-order valence-corrected chi connectivity index (χ2v) is 15.3. The second-order valence-electron chi connectivity index (χ2n) is 12.2. The Kier molecular flexibility index (Phi) is 9.40. The quantitative estimate of drug-likeness (QED) is 0.296. The fraction of sp³-hybridized carbons (Fsp3) is 0.562. The smallest absolute Gasteiger partial charge is 0.243 e. The summed E-state index contributed by atoms with van der Waals surface area (Å²) in [7, 11) is 0. The van der Waals surface area contributed by atoms with E-state index in [9.17, 15) is 9.59 Å². The molecule has 4 fully saturated rings. The van der Waals surface area contributed by atoms with E-state index < -0.39 is 20.5 Å². The lowest BCUT2D eigenvalue weighted by Crippen LogP contribution is -2.47. The lowest BCUT2D eigenvalue weighted by molar-refractivity contribution is -0.148. The van der Waals surface area contributed by atoms with Crippen molar-refractivity contribution in [2.45, 2.75) is 60.0 Å². The third-order valence-corrected chi connectivity index (χ3v) is 10.7. The predicted molar refractivity (Wildman–Crippen MR) is 170 cm³/mol. The highest BCUT2D eigenvalue weighted by atomic mass is 35.5. The predicted octanol–water partition coefficient (Wildman–Crippen LogP) is 6.63. The number of nitrogens with zero attached hydrogens (tertiary/aromatic N) is 4. The largest absolute Gasteiger partial charge is 0.457 e. The van der Waals surface area contributed by atoms with Gasteiger partial charge in [-0.15, -0.1) is 0 Å². The van der Waals surface area contributed by atoms with Crippen LogP contribution >= 0.6 is 46.4 Å². The van der Waals surface area contributed by atoms with Crippen molar-refractivity contribution in [1.29, 1.82) is 0 Å². The Morgan fingerprint density at radius 3 is 1.28 bits per heavy atom. The number of ether oxygens (including phenoxy) is 1. The van der Waals surface area contributed by atoms with Gasteiger partial charge >= 0.3 is 0 Å². The minimum atomic E-state index is -1.13. The maximum Gasteiger partial charge on any atom is 0.243 e. The molecule has 232 valence electrons. The van der Waals surface area contributed by atoms with Crippen molar-refractivity contribution in [2.24, 2.45) is 11.8 Å². The Hall–Kier alpha value is -1.74. The molecule has 0 saturated carbocycles. The van der Waals surface area contributed by atoms with Gasteiger partial charge in [0.25, 0.3) is 0 Å². The molecule has 0 N–H and O–H groups in total. The van der Waals surface area contributed by atoms with Gasteiger partial charge in [0.05, 0.1) is 24.9 Å². The molecule has 4 aliphatic rings. The molecule has 2 aromatic rings. The Morgan fingerprint density at radius 2 is 0.930 bits per heavy atom. The van der Waals surface area contributed by atoms with Gasteiger partial charge < -0.3 is 4.74 Å². The number of carbonyl (C=O) groups is 2. The van der Waals surface area contributed by atoms with E-state index in [1.807, 2.05) is 48.5 Å². The third-order valence-electron chi connectivity index (χ3n) is 9.16. The highest BCUT2D eigenvalue weighted by molar-refractivity contribution is 6.51. The van der Waals surface area contributed by atoms with Gasteiger partial charge in [0.15, 0.2) is 0 Å². The van der Waals surface area contributed by atoms with Gasteiger partial charge in [-0.05, 0) is 73.9 Å². The van der Waals surface area contributed by atoms with E-state index in [0.717, 1.165) is 63.0 Å². The van der Waals surface area contributed by atoms with Crippen LogP contribution < -0.4 is 4.74 Å². The number of hydrazine groups is 2. The van der Waals surface area contributed by atoms with Crippen molar-refractivity contribution >= 4 is 58.2 Å². The van der Waals surface area contributed by atoms with Crippen LogP contribution in [0.3, 0.4) is 0 Å². The number of carbonyl (C=O) groups excluding carboxylic acids is 2. The Labute approximate surface area is 273 Å². The molecule has 0 aromatic heterocycles. The van der Waals surface area contributed by atoms with E-state index in [-0.39, 0.29) is 11.8 Å². The van der Waals surface area contributed by atoms with E-state index in [4.69, 9.17) is 51.1 Å². The molecule has 6 rings (SSSR count). The lowest BCUT2D eigenvalue weighted by atomic mass is 9.97. The number of piperidine rings is 2. The average molecular weight is 668 g/mol. The molecule has 43 heavy (non-hydrogen) atoms. The molecule has 4 saturated heterocycles. The zero-order valence-corrected chi connectivity index (χ0v) is 27.2. The number of benzene rings is 2. The van der Waals surface area contributed by atoms with Gasteiger partial charge in [-0.3, -0.25) is 19.6 Å². The molecule has 11 heteroatoms. The summed E-state index contributed by atoms with van der Waals surface area (Å²) in [6.45, 7) is 4.10. The third kappa shape index (κ3) is 6.92. The van der Waals surface area contributed by atoms with Crippen LogP contribution in [-0.4, -0.2) is 79.8 Å². The first kappa shape index (κ1) is 31.3. The van der Waals surface area contributed by atoms with Crippen LogP contribution in [0.4, 0.5) is 0 Å². The van der Waals surface area contributed by atoms with E-state index in [0.29, 0.717) is 37.4 Å². The first-order valence-corrected chi connectivity index (χ1v) is 16.9. The zero-order valence-electron chi connectivity index (χ0n) is 24.2.